The van der Waals surface area contributed by atoms with Crippen molar-refractivity contribution in [1.82, 2.24) is 0 Å². The van der Waals surface area contributed by atoms with Gasteiger partial charge in [0.05, 0.1) is 6.61 Å². The van der Waals surface area contributed by atoms with Crippen LogP contribution in [-0.4, -0.2) is 24.5 Å². The number of amides is 1. The van der Waals surface area contributed by atoms with Crippen molar-refractivity contribution in [3.05, 3.63) is 0 Å². The van der Waals surface area contributed by atoms with Crippen molar-refractivity contribution in [2.75, 3.05) is 6.61 Å². The summed E-state index contributed by atoms with van der Waals surface area (Å²) in [6, 6.07) is -0.740. The van der Waals surface area contributed by atoms with Crippen LogP contribution >= 0.6 is 0 Å². The van der Waals surface area contributed by atoms with Gasteiger partial charge in [-0.25, -0.2) is 0 Å². The fourth-order valence-electron chi connectivity index (χ4n) is 2.28. The molecule has 0 radical (unpaired) electrons. The van der Waals surface area contributed by atoms with Crippen LogP contribution in [0.4, 0.5) is 0 Å². The molecule has 0 aromatic rings. The lowest BCUT2D eigenvalue weighted by Gasteiger charge is -2.10. The average Bonchev–Trinajstić information content (AvgIpc) is 2.49. The highest BCUT2D eigenvalue weighted by Gasteiger charge is 2.15. The first-order chi connectivity index (χ1) is 10.6. The summed E-state index contributed by atoms with van der Waals surface area (Å²) in [5.41, 5.74) is 10.6. The van der Waals surface area contributed by atoms with E-state index in [1.807, 2.05) is 0 Å². The number of carbonyl (C=O) groups excluding carboxylic acids is 2. The largest absolute Gasteiger partial charge is 0.465 e. The van der Waals surface area contributed by atoms with Gasteiger partial charge < -0.3 is 16.2 Å². The predicted molar refractivity (Wildman–Crippen MR) is 89.2 cm³/mol. The Labute approximate surface area is 135 Å². The Balaban J connectivity index is 3.31. The number of rotatable bonds is 15. The second-order valence-electron chi connectivity index (χ2n) is 5.96. The molecule has 1 atom stereocenters. The number of carbonyl (C=O) groups is 2. The number of primary amides is 1. The van der Waals surface area contributed by atoms with E-state index in [-0.39, 0.29) is 12.8 Å². The van der Waals surface area contributed by atoms with E-state index in [9.17, 15) is 9.59 Å². The van der Waals surface area contributed by atoms with E-state index in [0.717, 1.165) is 12.8 Å². The van der Waals surface area contributed by atoms with Gasteiger partial charge in [0.25, 0.3) is 0 Å². The SMILES string of the molecule is CCCCCCCCCCCCOC(=O)[C@@H](N)CCC(N)=O. The summed E-state index contributed by atoms with van der Waals surface area (Å²) in [5, 5.41) is 0. The Morgan fingerprint density at radius 3 is 1.91 bits per heavy atom. The van der Waals surface area contributed by atoms with Gasteiger partial charge in [0.2, 0.25) is 5.91 Å². The third-order valence-corrected chi connectivity index (χ3v) is 3.75. The highest BCUT2D eigenvalue weighted by Crippen LogP contribution is 2.10. The van der Waals surface area contributed by atoms with Crippen LogP contribution in [0.2, 0.25) is 0 Å². The zero-order valence-corrected chi connectivity index (χ0v) is 14.1. The summed E-state index contributed by atoms with van der Waals surface area (Å²) in [6.07, 6.45) is 12.8. The summed E-state index contributed by atoms with van der Waals surface area (Å²) < 4.78 is 5.09. The third-order valence-electron chi connectivity index (χ3n) is 3.75. The molecule has 5 heteroatoms. The van der Waals surface area contributed by atoms with Crippen LogP contribution in [0.25, 0.3) is 0 Å². The van der Waals surface area contributed by atoms with E-state index in [0.29, 0.717) is 6.61 Å². The smallest absolute Gasteiger partial charge is 0.322 e. The second kappa shape index (κ2) is 14.8. The predicted octanol–water partition coefficient (Wildman–Crippen LogP) is 3.04. The molecule has 0 aromatic carbocycles. The molecule has 0 saturated heterocycles. The number of nitrogens with two attached hydrogens (primary N) is 2. The molecule has 0 aliphatic heterocycles. The Hall–Kier alpha value is -1.10. The Morgan fingerprint density at radius 2 is 1.41 bits per heavy atom. The molecular formula is C17H34N2O3. The third kappa shape index (κ3) is 13.9. The molecule has 0 saturated carbocycles. The van der Waals surface area contributed by atoms with Crippen molar-refractivity contribution in [3.63, 3.8) is 0 Å². The lowest BCUT2D eigenvalue weighted by atomic mass is 10.1. The first kappa shape index (κ1) is 20.9. The minimum absolute atomic E-state index is 0.120. The van der Waals surface area contributed by atoms with Gasteiger partial charge in [-0.3, -0.25) is 9.59 Å². The molecule has 0 aliphatic carbocycles. The van der Waals surface area contributed by atoms with Gasteiger partial charge in [0.15, 0.2) is 0 Å². The number of hydrogen-bond donors (Lipinski definition) is 2. The molecule has 0 spiro atoms. The van der Waals surface area contributed by atoms with Crippen molar-refractivity contribution >= 4 is 11.9 Å². The van der Waals surface area contributed by atoms with E-state index in [1.165, 1.54) is 51.4 Å². The molecule has 0 bridgehead atoms. The normalized spacial score (nSPS) is 12.1. The quantitative estimate of drug-likeness (QED) is 0.359. The number of hydrogen-bond acceptors (Lipinski definition) is 4. The molecule has 130 valence electrons. The average molecular weight is 314 g/mol. The van der Waals surface area contributed by atoms with Crippen LogP contribution < -0.4 is 11.5 Å². The van der Waals surface area contributed by atoms with Gasteiger partial charge in [-0.2, -0.15) is 0 Å². The van der Waals surface area contributed by atoms with Crippen molar-refractivity contribution < 1.29 is 14.3 Å². The van der Waals surface area contributed by atoms with E-state index in [2.05, 4.69) is 6.92 Å². The Bertz CT molecular complexity index is 296. The molecular weight excluding hydrogens is 280 g/mol. The lowest BCUT2D eigenvalue weighted by Crippen LogP contribution is -2.33. The van der Waals surface area contributed by atoms with E-state index >= 15 is 0 Å². The zero-order chi connectivity index (χ0) is 16.6. The summed E-state index contributed by atoms with van der Waals surface area (Å²) >= 11 is 0. The molecule has 4 N–H and O–H groups in total. The molecule has 1 amide bonds. The molecule has 5 nitrogen and oxygen atoms in total. The molecule has 0 aromatic heterocycles. The highest BCUT2D eigenvalue weighted by molar-refractivity contribution is 5.78. The molecule has 0 heterocycles. The first-order valence-electron chi connectivity index (χ1n) is 8.78. The van der Waals surface area contributed by atoms with E-state index in [1.54, 1.807) is 0 Å². The maximum atomic E-state index is 11.5. The summed E-state index contributed by atoms with van der Waals surface area (Å²) in [6.45, 7) is 2.65. The van der Waals surface area contributed by atoms with Gasteiger partial charge >= 0.3 is 5.97 Å². The maximum Gasteiger partial charge on any atom is 0.322 e. The van der Waals surface area contributed by atoms with E-state index in [4.69, 9.17) is 16.2 Å². The van der Waals surface area contributed by atoms with Gasteiger partial charge in [-0.15, -0.1) is 0 Å². The summed E-state index contributed by atoms with van der Waals surface area (Å²) in [7, 11) is 0. The van der Waals surface area contributed by atoms with Crippen LogP contribution in [0.15, 0.2) is 0 Å². The Morgan fingerprint density at radius 1 is 0.909 bits per heavy atom. The van der Waals surface area contributed by atoms with Gasteiger partial charge in [0.1, 0.15) is 6.04 Å². The van der Waals surface area contributed by atoms with Crippen molar-refractivity contribution in [2.45, 2.75) is 90.0 Å². The fraction of sp³-hybridized carbons (Fsp3) is 0.882. The fourth-order valence-corrected chi connectivity index (χ4v) is 2.28. The van der Waals surface area contributed by atoms with Crippen molar-refractivity contribution in [2.24, 2.45) is 11.5 Å². The van der Waals surface area contributed by atoms with Crippen LogP contribution in [0.1, 0.15) is 84.0 Å². The van der Waals surface area contributed by atoms with Gasteiger partial charge in [0, 0.05) is 6.42 Å². The maximum absolute atomic E-state index is 11.5. The topological polar surface area (TPSA) is 95.4 Å². The highest BCUT2D eigenvalue weighted by atomic mass is 16.5. The molecule has 0 unspecified atom stereocenters. The second-order valence-corrected chi connectivity index (χ2v) is 5.96. The van der Waals surface area contributed by atoms with Gasteiger partial charge in [-0.05, 0) is 12.8 Å². The van der Waals surface area contributed by atoms with Crippen molar-refractivity contribution in [1.29, 1.82) is 0 Å². The number of unbranched alkanes of at least 4 members (excludes halogenated alkanes) is 9. The van der Waals surface area contributed by atoms with Crippen LogP contribution in [0.3, 0.4) is 0 Å². The summed E-state index contributed by atoms with van der Waals surface area (Å²) in [5.74, 6) is -0.880. The lowest BCUT2D eigenvalue weighted by molar-refractivity contribution is -0.145. The Kier molecular flexibility index (Phi) is 14.1. The van der Waals surface area contributed by atoms with E-state index < -0.39 is 17.9 Å². The zero-order valence-electron chi connectivity index (χ0n) is 14.1. The van der Waals surface area contributed by atoms with Crippen LogP contribution in [0.5, 0.6) is 0 Å². The number of esters is 1. The van der Waals surface area contributed by atoms with Gasteiger partial charge in [-0.1, -0.05) is 64.7 Å². The number of ether oxygens (including phenoxy) is 1. The molecule has 22 heavy (non-hydrogen) atoms. The first-order valence-corrected chi connectivity index (χ1v) is 8.78. The molecule has 0 aliphatic rings. The minimum Gasteiger partial charge on any atom is -0.465 e. The minimum atomic E-state index is -0.740. The molecule has 0 fully saturated rings. The monoisotopic (exact) mass is 314 g/mol. The standard InChI is InChI=1S/C17H34N2O3/c1-2-3-4-5-6-7-8-9-10-11-14-22-17(21)15(18)12-13-16(19)20/h15H,2-14,18H2,1H3,(H2,19,20)/t15-/m0/s1. The van der Waals surface area contributed by atoms with Crippen LogP contribution in [-0.2, 0) is 14.3 Å². The summed E-state index contributed by atoms with van der Waals surface area (Å²) in [4.78, 5) is 22.1. The van der Waals surface area contributed by atoms with Crippen molar-refractivity contribution in [3.8, 4) is 0 Å². The molecule has 0 rings (SSSR count). The van der Waals surface area contributed by atoms with Crippen LogP contribution in [0, 0.1) is 0 Å².